The third kappa shape index (κ3) is 3.57. The van der Waals surface area contributed by atoms with Crippen LogP contribution in [-0.2, 0) is 0 Å². The second-order valence-corrected chi connectivity index (χ2v) is 5.66. The van der Waals surface area contributed by atoms with Crippen molar-refractivity contribution in [1.29, 1.82) is 0 Å². The first-order valence-electron chi connectivity index (χ1n) is 6.76. The van der Waals surface area contributed by atoms with E-state index in [2.05, 4.69) is 31.2 Å². The highest BCUT2D eigenvalue weighted by molar-refractivity contribution is 9.10. The van der Waals surface area contributed by atoms with Gasteiger partial charge in [-0.15, -0.1) is 0 Å². The zero-order chi connectivity index (χ0) is 16.4. The van der Waals surface area contributed by atoms with Crippen LogP contribution < -0.4 is 10.9 Å². The van der Waals surface area contributed by atoms with Gasteiger partial charge in [-0.25, -0.2) is 4.98 Å². The molecule has 3 aromatic rings. The quantitative estimate of drug-likeness (QED) is 0.736. The topological polar surface area (TPSA) is 88.0 Å². The fraction of sp³-hybridized carbons (Fsp3) is 0.0625. The number of amides is 1. The molecule has 0 aliphatic rings. The summed E-state index contributed by atoms with van der Waals surface area (Å²) in [4.78, 5) is 30.6. The van der Waals surface area contributed by atoms with Crippen LogP contribution in [-0.4, -0.2) is 15.9 Å². The lowest BCUT2D eigenvalue weighted by Gasteiger charge is -2.06. The van der Waals surface area contributed by atoms with Gasteiger partial charge in [0.05, 0.1) is 0 Å². The smallest absolute Gasteiger partial charge is 0.291 e. The zero-order valence-electron chi connectivity index (χ0n) is 12.1. The van der Waals surface area contributed by atoms with Crippen LogP contribution in [0.2, 0.25) is 0 Å². The minimum absolute atomic E-state index is 0.198. The Morgan fingerprint density at radius 2 is 2.09 bits per heavy atom. The minimum Gasteiger partial charge on any atom is -0.444 e. The predicted molar refractivity (Wildman–Crippen MR) is 89.4 cm³/mol. The second-order valence-electron chi connectivity index (χ2n) is 4.87. The molecule has 0 bridgehead atoms. The van der Waals surface area contributed by atoms with Crippen LogP contribution in [0.5, 0.6) is 0 Å². The van der Waals surface area contributed by atoms with Crippen molar-refractivity contribution in [2.24, 2.45) is 0 Å². The van der Waals surface area contributed by atoms with Gasteiger partial charge in [0.2, 0.25) is 0 Å². The molecule has 0 unspecified atom stereocenters. The van der Waals surface area contributed by atoms with Crippen molar-refractivity contribution in [2.75, 3.05) is 5.32 Å². The van der Waals surface area contributed by atoms with Crippen molar-refractivity contribution in [3.05, 3.63) is 68.9 Å². The van der Waals surface area contributed by atoms with Crippen LogP contribution in [0.3, 0.4) is 0 Å². The number of carbonyl (C=O) groups is 1. The number of aryl methyl sites for hydroxylation is 1. The summed E-state index contributed by atoms with van der Waals surface area (Å²) in [5.74, 6) is 0.287. The van der Waals surface area contributed by atoms with Gasteiger partial charge in [0.15, 0.2) is 10.4 Å². The lowest BCUT2D eigenvalue weighted by molar-refractivity contribution is 0.0995. The Hall–Kier alpha value is -2.67. The van der Waals surface area contributed by atoms with Crippen LogP contribution in [0.25, 0.3) is 11.4 Å². The van der Waals surface area contributed by atoms with Crippen LogP contribution in [0, 0.1) is 6.92 Å². The molecule has 23 heavy (non-hydrogen) atoms. The van der Waals surface area contributed by atoms with Gasteiger partial charge in [-0.05, 0) is 47.1 Å². The van der Waals surface area contributed by atoms with E-state index < -0.39 is 0 Å². The molecule has 0 saturated carbocycles. The fourth-order valence-corrected chi connectivity index (χ4v) is 2.40. The molecule has 0 aliphatic carbocycles. The molecular formula is C16H12BrN3O3. The lowest BCUT2D eigenvalue weighted by Crippen LogP contribution is -2.11. The van der Waals surface area contributed by atoms with Crippen molar-refractivity contribution < 1.29 is 9.21 Å². The van der Waals surface area contributed by atoms with Gasteiger partial charge in [0, 0.05) is 23.0 Å². The van der Waals surface area contributed by atoms with E-state index in [4.69, 9.17) is 4.42 Å². The number of aromatic nitrogens is 2. The van der Waals surface area contributed by atoms with E-state index in [-0.39, 0.29) is 17.2 Å². The van der Waals surface area contributed by atoms with E-state index in [1.807, 2.05) is 0 Å². The Labute approximate surface area is 139 Å². The highest BCUT2D eigenvalue weighted by Gasteiger charge is 2.11. The number of nitrogens with zero attached hydrogens (tertiary/aromatic N) is 1. The molecule has 0 radical (unpaired) electrons. The average molecular weight is 374 g/mol. The number of hydrogen-bond donors (Lipinski definition) is 2. The summed E-state index contributed by atoms with van der Waals surface area (Å²) in [6.07, 6.45) is 0. The Balaban J connectivity index is 1.88. The number of hydrogen-bond acceptors (Lipinski definition) is 4. The second kappa shape index (κ2) is 6.21. The highest BCUT2D eigenvalue weighted by atomic mass is 79.9. The number of halogens is 1. The summed E-state index contributed by atoms with van der Waals surface area (Å²) >= 11 is 3.15. The van der Waals surface area contributed by atoms with E-state index >= 15 is 0 Å². The highest BCUT2D eigenvalue weighted by Crippen LogP contribution is 2.20. The molecule has 0 atom stereocenters. The third-order valence-electron chi connectivity index (χ3n) is 3.06. The summed E-state index contributed by atoms with van der Waals surface area (Å²) in [5.41, 5.74) is 1.68. The number of rotatable bonds is 3. The first kappa shape index (κ1) is 15.2. The van der Waals surface area contributed by atoms with Gasteiger partial charge < -0.3 is 14.7 Å². The van der Waals surface area contributed by atoms with E-state index in [1.54, 1.807) is 43.3 Å². The molecule has 3 rings (SSSR count). The molecule has 2 aromatic heterocycles. The molecule has 1 aromatic carbocycles. The number of nitrogens with one attached hydrogen (secondary N) is 2. The van der Waals surface area contributed by atoms with Crippen LogP contribution in [0.4, 0.5) is 5.69 Å². The summed E-state index contributed by atoms with van der Waals surface area (Å²) in [7, 11) is 0. The van der Waals surface area contributed by atoms with Gasteiger partial charge in [-0.1, -0.05) is 12.1 Å². The van der Waals surface area contributed by atoms with Crippen LogP contribution in [0.1, 0.15) is 16.2 Å². The molecule has 0 spiro atoms. The predicted octanol–water partition coefficient (Wildman–Crippen LogP) is 3.35. The molecule has 2 heterocycles. The molecule has 0 aliphatic heterocycles. The normalized spacial score (nSPS) is 10.5. The maximum atomic E-state index is 12.1. The van der Waals surface area contributed by atoms with Gasteiger partial charge in [-0.2, -0.15) is 0 Å². The third-order valence-corrected chi connectivity index (χ3v) is 3.49. The molecular weight excluding hydrogens is 362 g/mol. The van der Waals surface area contributed by atoms with Crippen molar-refractivity contribution >= 4 is 27.5 Å². The summed E-state index contributed by atoms with van der Waals surface area (Å²) in [5, 5.41) is 2.74. The first-order valence-corrected chi connectivity index (χ1v) is 7.56. The van der Waals surface area contributed by atoms with E-state index in [0.29, 0.717) is 27.4 Å². The monoisotopic (exact) mass is 373 g/mol. The average Bonchev–Trinajstić information content (AvgIpc) is 2.93. The minimum atomic E-state index is -0.362. The van der Waals surface area contributed by atoms with Crippen molar-refractivity contribution in [1.82, 2.24) is 9.97 Å². The number of carbonyl (C=O) groups excluding carboxylic acids is 1. The number of H-pyrrole nitrogens is 1. The van der Waals surface area contributed by atoms with Gasteiger partial charge in [-0.3, -0.25) is 9.59 Å². The summed E-state index contributed by atoms with van der Waals surface area (Å²) < 4.78 is 5.69. The fourth-order valence-electron chi connectivity index (χ4n) is 2.09. The molecule has 6 nitrogen and oxygen atoms in total. The maximum Gasteiger partial charge on any atom is 0.291 e. The summed E-state index contributed by atoms with van der Waals surface area (Å²) in [6.45, 7) is 1.75. The van der Waals surface area contributed by atoms with Gasteiger partial charge in [0.25, 0.3) is 11.5 Å². The standard InChI is InChI=1S/C16H12BrN3O3/c1-9-7-14(21)20-15(18-9)10-3-2-4-11(8-10)19-16(22)12-5-6-13(17)23-12/h2-8H,1H3,(H,19,22)(H,18,20,21). The molecule has 116 valence electrons. The Morgan fingerprint density at radius 3 is 2.78 bits per heavy atom. The Bertz CT molecular complexity index is 930. The van der Waals surface area contributed by atoms with Gasteiger partial charge >= 0.3 is 0 Å². The van der Waals surface area contributed by atoms with Gasteiger partial charge in [0.1, 0.15) is 5.82 Å². The van der Waals surface area contributed by atoms with E-state index in [0.717, 1.165) is 0 Å². The number of anilines is 1. The molecule has 7 heteroatoms. The molecule has 2 N–H and O–H groups in total. The zero-order valence-corrected chi connectivity index (χ0v) is 13.7. The first-order chi connectivity index (χ1) is 11.0. The lowest BCUT2D eigenvalue weighted by atomic mass is 10.2. The van der Waals surface area contributed by atoms with E-state index in [1.165, 1.54) is 6.07 Å². The largest absolute Gasteiger partial charge is 0.444 e. The number of benzene rings is 1. The number of aromatic amines is 1. The number of furan rings is 1. The SMILES string of the molecule is Cc1cc(=O)[nH]c(-c2cccc(NC(=O)c3ccc(Br)o3)c2)n1. The molecule has 0 fully saturated rings. The van der Waals surface area contributed by atoms with Crippen LogP contribution >= 0.6 is 15.9 Å². The Morgan fingerprint density at radius 1 is 1.26 bits per heavy atom. The molecule has 0 saturated heterocycles. The maximum absolute atomic E-state index is 12.1. The van der Waals surface area contributed by atoms with Crippen LogP contribution in [0.15, 0.2) is 56.3 Å². The van der Waals surface area contributed by atoms with E-state index in [9.17, 15) is 9.59 Å². The molecule has 1 amide bonds. The summed E-state index contributed by atoms with van der Waals surface area (Å²) in [6, 6.07) is 11.7. The van der Waals surface area contributed by atoms with Crippen molar-refractivity contribution in [3.8, 4) is 11.4 Å². The van der Waals surface area contributed by atoms with Crippen molar-refractivity contribution in [2.45, 2.75) is 6.92 Å². The van der Waals surface area contributed by atoms with Crippen molar-refractivity contribution in [3.63, 3.8) is 0 Å². The Kier molecular flexibility index (Phi) is 4.12.